The van der Waals surface area contributed by atoms with Crippen LogP contribution in [-0.4, -0.2) is 49.8 Å². The van der Waals surface area contributed by atoms with Crippen molar-refractivity contribution in [2.75, 3.05) is 6.61 Å². The SMILES string of the molecule is O=c1ccn([C@]2(c3ccccc3)O[C@H](CO)[C@@H](O)[C@H]2O)c(=S)[nH]1. The van der Waals surface area contributed by atoms with Crippen molar-refractivity contribution in [3.05, 3.63) is 63.3 Å². The fourth-order valence-electron chi connectivity index (χ4n) is 2.88. The number of aromatic nitrogens is 2. The van der Waals surface area contributed by atoms with Gasteiger partial charge >= 0.3 is 0 Å². The zero-order valence-corrected chi connectivity index (χ0v) is 12.8. The molecule has 0 spiro atoms. The van der Waals surface area contributed by atoms with E-state index in [0.717, 1.165) is 0 Å². The largest absolute Gasteiger partial charge is 0.394 e. The van der Waals surface area contributed by atoms with Crippen molar-refractivity contribution in [1.29, 1.82) is 0 Å². The van der Waals surface area contributed by atoms with E-state index in [2.05, 4.69) is 4.98 Å². The molecular formula is C15H16N2O5S. The summed E-state index contributed by atoms with van der Waals surface area (Å²) in [5.41, 5.74) is -1.40. The topological polar surface area (TPSA) is 108 Å². The van der Waals surface area contributed by atoms with E-state index in [1.54, 1.807) is 30.3 Å². The molecule has 23 heavy (non-hydrogen) atoms. The van der Waals surface area contributed by atoms with Gasteiger partial charge in [-0.05, 0) is 12.2 Å². The molecule has 0 amide bonds. The molecule has 1 fully saturated rings. The fraction of sp³-hybridized carbons (Fsp3) is 0.333. The number of hydrogen-bond donors (Lipinski definition) is 4. The van der Waals surface area contributed by atoms with Crippen molar-refractivity contribution >= 4 is 12.2 Å². The Morgan fingerprint density at radius 2 is 1.96 bits per heavy atom. The van der Waals surface area contributed by atoms with Crippen LogP contribution in [0.1, 0.15) is 5.56 Å². The maximum absolute atomic E-state index is 11.4. The lowest BCUT2D eigenvalue weighted by Gasteiger charge is -2.35. The van der Waals surface area contributed by atoms with Gasteiger partial charge in [0.1, 0.15) is 18.3 Å². The number of aliphatic hydroxyl groups excluding tert-OH is 3. The number of benzene rings is 1. The molecule has 1 aromatic heterocycles. The third-order valence-electron chi connectivity index (χ3n) is 3.99. The average molecular weight is 336 g/mol. The second kappa shape index (κ2) is 5.99. The molecule has 2 aromatic rings. The summed E-state index contributed by atoms with van der Waals surface area (Å²) < 4.78 is 7.25. The van der Waals surface area contributed by atoms with E-state index in [0.29, 0.717) is 5.56 Å². The highest BCUT2D eigenvalue weighted by Crippen LogP contribution is 2.41. The van der Waals surface area contributed by atoms with E-state index in [9.17, 15) is 20.1 Å². The molecule has 2 heterocycles. The first-order chi connectivity index (χ1) is 11.0. The predicted molar refractivity (Wildman–Crippen MR) is 83.4 cm³/mol. The summed E-state index contributed by atoms with van der Waals surface area (Å²) in [6.07, 6.45) is -2.29. The first kappa shape index (κ1) is 16.0. The lowest BCUT2D eigenvalue weighted by Crippen LogP contribution is -2.47. The number of rotatable bonds is 3. The Bertz CT molecular complexity index is 805. The van der Waals surface area contributed by atoms with Crippen LogP contribution in [0.4, 0.5) is 0 Å². The van der Waals surface area contributed by atoms with Crippen LogP contribution in [-0.2, 0) is 10.5 Å². The molecule has 122 valence electrons. The Hall–Kier alpha value is -1.84. The molecule has 8 heteroatoms. The first-order valence-corrected chi connectivity index (χ1v) is 7.44. The van der Waals surface area contributed by atoms with Gasteiger partial charge < -0.3 is 20.1 Å². The monoisotopic (exact) mass is 336 g/mol. The number of H-pyrrole nitrogens is 1. The van der Waals surface area contributed by atoms with Gasteiger partial charge in [-0.3, -0.25) is 14.3 Å². The van der Waals surface area contributed by atoms with Crippen molar-refractivity contribution in [2.24, 2.45) is 0 Å². The molecule has 0 bridgehead atoms. The molecule has 4 atom stereocenters. The van der Waals surface area contributed by atoms with E-state index in [1.165, 1.54) is 16.8 Å². The van der Waals surface area contributed by atoms with Crippen molar-refractivity contribution in [3.63, 3.8) is 0 Å². The molecule has 0 aliphatic carbocycles. The van der Waals surface area contributed by atoms with Gasteiger partial charge in [0.25, 0.3) is 5.56 Å². The molecule has 1 aromatic carbocycles. The van der Waals surface area contributed by atoms with E-state index >= 15 is 0 Å². The minimum absolute atomic E-state index is 0.0335. The predicted octanol–water partition coefficient (Wildman–Crippen LogP) is -0.280. The molecule has 1 aliphatic heterocycles. The zero-order valence-electron chi connectivity index (χ0n) is 12.0. The molecule has 0 saturated carbocycles. The minimum atomic E-state index is -1.55. The maximum Gasteiger partial charge on any atom is 0.251 e. The number of ether oxygens (including phenoxy) is 1. The molecule has 1 saturated heterocycles. The van der Waals surface area contributed by atoms with E-state index in [4.69, 9.17) is 17.0 Å². The van der Waals surface area contributed by atoms with E-state index in [-0.39, 0.29) is 10.3 Å². The Balaban J connectivity index is 2.28. The Kier molecular flexibility index (Phi) is 4.17. The van der Waals surface area contributed by atoms with Gasteiger partial charge in [-0.2, -0.15) is 0 Å². The second-order valence-electron chi connectivity index (χ2n) is 5.32. The van der Waals surface area contributed by atoms with Gasteiger partial charge in [0.2, 0.25) is 5.72 Å². The summed E-state index contributed by atoms with van der Waals surface area (Å²) in [7, 11) is 0. The second-order valence-corrected chi connectivity index (χ2v) is 5.70. The van der Waals surface area contributed by atoms with Gasteiger partial charge in [-0.25, -0.2) is 0 Å². The van der Waals surface area contributed by atoms with Crippen LogP contribution in [0.2, 0.25) is 0 Å². The smallest absolute Gasteiger partial charge is 0.251 e. The van der Waals surface area contributed by atoms with Gasteiger partial charge in [0.15, 0.2) is 4.77 Å². The molecule has 7 nitrogen and oxygen atoms in total. The van der Waals surface area contributed by atoms with Crippen molar-refractivity contribution in [1.82, 2.24) is 9.55 Å². The lowest BCUT2D eigenvalue weighted by atomic mass is 9.94. The Morgan fingerprint density at radius 1 is 1.26 bits per heavy atom. The van der Waals surface area contributed by atoms with Gasteiger partial charge in [-0.15, -0.1) is 0 Å². The highest BCUT2D eigenvalue weighted by Gasteiger charge is 2.56. The number of hydrogen-bond acceptors (Lipinski definition) is 6. The zero-order chi connectivity index (χ0) is 16.6. The van der Waals surface area contributed by atoms with Crippen LogP contribution < -0.4 is 5.56 Å². The van der Waals surface area contributed by atoms with Crippen LogP contribution in [0.5, 0.6) is 0 Å². The summed E-state index contributed by atoms with van der Waals surface area (Å²) in [6.45, 7) is -0.469. The van der Waals surface area contributed by atoms with Gasteiger partial charge in [0, 0.05) is 17.8 Å². The van der Waals surface area contributed by atoms with Gasteiger partial charge in [-0.1, -0.05) is 30.3 Å². The molecular weight excluding hydrogens is 320 g/mol. The molecule has 4 N–H and O–H groups in total. The number of nitrogens with zero attached hydrogens (tertiary/aromatic N) is 1. The summed E-state index contributed by atoms with van der Waals surface area (Å²) in [5, 5.41) is 30.3. The maximum atomic E-state index is 11.4. The Labute approximate surface area is 136 Å². The molecule has 0 radical (unpaired) electrons. The standard InChI is InChI=1S/C15H16N2O5S/c18-8-10-12(20)13(21)15(22-10,9-4-2-1-3-5-9)17-7-6-11(19)16-14(17)23/h1-7,10,12-13,18,20-21H,8H2,(H,16,19,23)/t10-,12-,13-,15-/m1/s1. The Morgan fingerprint density at radius 3 is 2.52 bits per heavy atom. The highest BCUT2D eigenvalue weighted by molar-refractivity contribution is 7.71. The molecule has 0 unspecified atom stereocenters. The van der Waals surface area contributed by atoms with Crippen LogP contribution in [0, 0.1) is 4.77 Å². The lowest BCUT2D eigenvalue weighted by molar-refractivity contribution is -0.119. The summed E-state index contributed by atoms with van der Waals surface area (Å²) in [4.78, 5) is 13.9. The third-order valence-corrected chi connectivity index (χ3v) is 4.28. The van der Waals surface area contributed by atoms with E-state index in [1.807, 2.05) is 0 Å². The van der Waals surface area contributed by atoms with E-state index < -0.39 is 30.6 Å². The average Bonchev–Trinajstić information content (AvgIpc) is 2.81. The third kappa shape index (κ3) is 2.44. The van der Waals surface area contributed by atoms with Crippen molar-refractivity contribution < 1.29 is 20.1 Å². The number of nitrogens with one attached hydrogen (secondary N) is 1. The quantitative estimate of drug-likeness (QED) is 0.574. The van der Waals surface area contributed by atoms with Crippen LogP contribution in [0.15, 0.2) is 47.4 Å². The van der Waals surface area contributed by atoms with Crippen molar-refractivity contribution in [3.8, 4) is 0 Å². The normalized spacial score (nSPS) is 30.5. The first-order valence-electron chi connectivity index (χ1n) is 7.03. The van der Waals surface area contributed by atoms with Crippen LogP contribution in [0.3, 0.4) is 0 Å². The molecule has 3 rings (SSSR count). The fourth-order valence-corrected chi connectivity index (χ4v) is 3.18. The minimum Gasteiger partial charge on any atom is -0.394 e. The summed E-state index contributed by atoms with van der Waals surface area (Å²) >= 11 is 5.19. The summed E-state index contributed by atoms with van der Waals surface area (Å²) in [5.74, 6) is 0. The number of aromatic amines is 1. The van der Waals surface area contributed by atoms with Gasteiger partial charge in [0.05, 0.1) is 6.61 Å². The molecule has 1 aliphatic rings. The van der Waals surface area contributed by atoms with Crippen LogP contribution in [0.25, 0.3) is 0 Å². The van der Waals surface area contributed by atoms with Crippen LogP contribution >= 0.6 is 12.2 Å². The highest BCUT2D eigenvalue weighted by atomic mass is 32.1. The number of aliphatic hydroxyl groups is 3. The van der Waals surface area contributed by atoms with Crippen molar-refractivity contribution in [2.45, 2.75) is 24.0 Å². The summed E-state index contributed by atoms with van der Waals surface area (Å²) in [6, 6.07) is 9.97.